The van der Waals surface area contributed by atoms with E-state index in [9.17, 15) is 44.0 Å². The minimum absolute atomic E-state index is 0.132. The van der Waals surface area contributed by atoms with E-state index in [-0.39, 0.29) is 62.2 Å². The molecule has 9 heterocycles. The number of fused-ring (bicyclic) bond motifs is 12. The zero-order chi connectivity index (χ0) is 73.4. The number of hydrogen-bond donors (Lipinski definition) is 2. The van der Waals surface area contributed by atoms with Crippen molar-refractivity contribution in [2.24, 2.45) is 0 Å². The highest BCUT2D eigenvalue weighted by Gasteiger charge is 2.53. The van der Waals surface area contributed by atoms with Gasteiger partial charge in [-0.25, -0.2) is 44.4 Å². The number of hydrogen-bond acceptors (Lipinski definition) is 12. The summed E-state index contributed by atoms with van der Waals surface area (Å²) in [5.41, 5.74) is 9.03. The van der Waals surface area contributed by atoms with Crippen LogP contribution in [0.5, 0.6) is 0 Å². The van der Waals surface area contributed by atoms with Crippen LogP contribution in [0.25, 0.3) is 100 Å². The highest BCUT2D eigenvalue weighted by molar-refractivity contribution is 7.92. The molecule has 3 aliphatic heterocycles. The molecule has 6 aromatic heterocycles. The highest BCUT2D eigenvalue weighted by Crippen LogP contribution is 2.48. The van der Waals surface area contributed by atoms with E-state index >= 15 is 0 Å². The summed E-state index contributed by atoms with van der Waals surface area (Å²) in [7, 11) is -2.44. The number of aromatic nitrogens is 4. The molecule has 0 atom stereocenters. The van der Waals surface area contributed by atoms with Gasteiger partial charge >= 0.3 is 7.12 Å². The van der Waals surface area contributed by atoms with E-state index in [1.165, 1.54) is 88.9 Å². The second kappa shape index (κ2) is 25.3. The van der Waals surface area contributed by atoms with Gasteiger partial charge in [0.05, 0.1) is 85.7 Å². The van der Waals surface area contributed by atoms with Gasteiger partial charge in [-0.15, -0.1) is 0 Å². The summed E-state index contributed by atoms with van der Waals surface area (Å²) >= 11 is 6.05. The zero-order valence-corrected chi connectivity index (χ0v) is 60.7. The van der Waals surface area contributed by atoms with E-state index < -0.39 is 61.8 Å². The quantitative estimate of drug-likeness (QED) is 0.0743. The standard InChI is InChI=1S/C35H30F2N4O4S.C24H28BFN2O6S.C17H14ClFN2/c1-35(2)18-20-11-14-26(39-32(20)29-16-22-25(37)7-6-8-27(22)41(29)35)23-15-24-30(17-28(23)40(4)46(5,43)44)45-33(31(24)34(42)38-3)19-9-12-21(36)13-10-19;1-23(2)24(3,4)34-25(33-23)17-12-16-19(13-18(17)28(6)35(7,30)31)32-21(20(16)22(29)27-5)14-8-10-15(26)11-9-14;1-17(2)9-10-6-7-15(18)20-16(10)14-8-11-12(19)4-3-5-13(11)21(14)17/h6-17H,18H2,1-5H3,(H,38,42);8-13H,1-7H3,(H,27,29);3-8H,9H2,1-2H3. The van der Waals surface area contributed by atoms with Crippen LogP contribution in [0.2, 0.25) is 5.15 Å². The molecule has 1 fully saturated rings. The van der Waals surface area contributed by atoms with Crippen molar-refractivity contribution < 1.29 is 62.1 Å². The molecule has 2 N–H and O–H groups in total. The minimum atomic E-state index is -3.74. The summed E-state index contributed by atoms with van der Waals surface area (Å²) in [5.74, 6) is -1.78. The van der Waals surface area contributed by atoms with Crippen LogP contribution in [0.1, 0.15) is 87.2 Å². The average molecular weight is 1440 g/mol. The van der Waals surface area contributed by atoms with Crippen LogP contribution in [0.15, 0.2) is 154 Å². The summed E-state index contributed by atoms with van der Waals surface area (Å²) in [4.78, 5) is 35.8. The van der Waals surface area contributed by atoms with Gasteiger partial charge in [-0.1, -0.05) is 35.9 Å². The molecule has 102 heavy (non-hydrogen) atoms. The lowest BCUT2D eigenvalue weighted by Crippen LogP contribution is -2.41. The fourth-order valence-corrected chi connectivity index (χ4v) is 15.0. The Labute approximate surface area is 592 Å². The maximum atomic E-state index is 15.0. The molecule has 26 heteroatoms. The van der Waals surface area contributed by atoms with Crippen LogP contribution in [0, 0.1) is 23.3 Å². The number of benzene rings is 6. The van der Waals surface area contributed by atoms with Crippen LogP contribution >= 0.6 is 11.6 Å². The molecule has 0 spiro atoms. The maximum Gasteiger partial charge on any atom is 0.497 e. The van der Waals surface area contributed by atoms with E-state index in [2.05, 4.69) is 52.4 Å². The van der Waals surface area contributed by atoms with Gasteiger partial charge in [-0.05, 0) is 189 Å². The molecular formula is C76H72BClF4N8O10S2. The molecule has 2 amide bonds. The third kappa shape index (κ3) is 12.3. The fraction of sp³-hybridized carbons (Fsp3) is 0.263. The highest BCUT2D eigenvalue weighted by atomic mass is 35.5. The molecule has 526 valence electrons. The van der Waals surface area contributed by atoms with E-state index in [1.807, 2.05) is 76.2 Å². The molecule has 18 nitrogen and oxygen atoms in total. The SMILES string of the molecule is CC1(C)Cc2ccc(Cl)nc2-c2cc3c(F)cccc3n21.CNC(=O)c1c(-c2ccc(F)cc2)oc2cc(N(C)S(C)(=O)=O)c(-c3ccc4c(n3)-c3cc5c(F)cccc5n3C(C)(C)C4)cc12.CNC(=O)c1c(-c2ccc(F)cc2)oc2cc(N(C)S(C)(=O)=O)c(B3OC(C)(C)C(C)(C)O3)cc12. The van der Waals surface area contributed by atoms with Gasteiger partial charge in [0.15, 0.2) is 0 Å². The Kier molecular flexibility index (Phi) is 17.5. The van der Waals surface area contributed by atoms with Gasteiger partial charge in [0, 0.05) is 95.1 Å². The maximum absolute atomic E-state index is 15.0. The van der Waals surface area contributed by atoms with Crippen molar-refractivity contribution in [2.75, 3.05) is 49.3 Å². The second-order valence-corrected chi connectivity index (χ2v) is 32.4. The lowest BCUT2D eigenvalue weighted by atomic mass is 9.77. The van der Waals surface area contributed by atoms with Crippen molar-refractivity contribution in [3.8, 4) is 56.7 Å². The first-order valence-electron chi connectivity index (χ1n) is 32.6. The third-order valence-corrected chi connectivity index (χ3v) is 22.3. The number of anilines is 2. The summed E-state index contributed by atoms with van der Waals surface area (Å²) in [6, 6.07) is 39.2. The minimum Gasteiger partial charge on any atom is -0.455 e. The normalized spacial score (nSPS) is 15.4. The summed E-state index contributed by atoms with van der Waals surface area (Å²) in [6.07, 6.45) is 3.67. The Morgan fingerprint density at radius 3 is 1.41 bits per heavy atom. The van der Waals surface area contributed by atoms with Crippen molar-refractivity contribution in [2.45, 2.75) is 90.5 Å². The second-order valence-electron chi connectivity index (χ2n) is 28.0. The van der Waals surface area contributed by atoms with Crippen LogP contribution in [-0.4, -0.2) is 107 Å². The van der Waals surface area contributed by atoms with E-state index in [1.54, 1.807) is 36.4 Å². The smallest absolute Gasteiger partial charge is 0.455 e. The van der Waals surface area contributed by atoms with Crippen molar-refractivity contribution in [3.05, 3.63) is 196 Å². The van der Waals surface area contributed by atoms with E-state index in [4.69, 9.17) is 34.7 Å². The summed E-state index contributed by atoms with van der Waals surface area (Å²) in [5, 5.41) is 7.73. The number of pyridine rings is 2. The Morgan fingerprint density at radius 1 is 0.539 bits per heavy atom. The number of amides is 2. The predicted octanol–water partition coefficient (Wildman–Crippen LogP) is 15.2. The van der Waals surface area contributed by atoms with Crippen LogP contribution in [0.4, 0.5) is 28.9 Å². The van der Waals surface area contributed by atoms with Crippen molar-refractivity contribution in [1.82, 2.24) is 29.7 Å². The molecule has 0 unspecified atom stereocenters. The number of rotatable bonds is 10. The molecule has 3 aliphatic rings. The Hall–Kier alpha value is -9.79. The topological polar surface area (TPSA) is 213 Å². The van der Waals surface area contributed by atoms with Crippen molar-refractivity contribution >= 4 is 111 Å². The largest absolute Gasteiger partial charge is 0.497 e. The number of carbonyl (C=O) groups excluding carboxylic acids is 2. The third-order valence-electron chi connectivity index (χ3n) is 19.7. The first-order valence-corrected chi connectivity index (χ1v) is 36.7. The Morgan fingerprint density at radius 2 is 0.961 bits per heavy atom. The lowest BCUT2D eigenvalue weighted by Gasteiger charge is -2.35. The number of halogens is 5. The van der Waals surface area contributed by atoms with Gasteiger partial charge in [-0.2, -0.15) is 0 Å². The zero-order valence-electron chi connectivity index (χ0n) is 58.3. The molecule has 0 aliphatic carbocycles. The van der Waals surface area contributed by atoms with Crippen molar-refractivity contribution in [1.29, 1.82) is 0 Å². The number of furan rings is 2. The van der Waals surface area contributed by atoms with E-state index in [0.29, 0.717) is 72.3 Å². The Bertz CT molecular complexity index is 5680. The molecule has 0 radical (unpaired) electrons. The predicted molar refractivity (Wildman–Crippen MR) is 393 cm³/mol. The van der Waals surface area contributed by atoms with Gasteiger partial charge in [0.2, 0.25) is 20.0 Å². The molecule has 0 saturated carbocycles. The van der Waals surface area contributed by atoms with Gasteiger partial charge < -0.3 is 37.9 Å². The number of sulfonamides is 2. The molecule has 1 saturated heterocycles. The van der Waals surface area contributed by atoms with Crippen LogP contribution in [-0.2, 0) is 53.3 Å². The van der Waals surface area contributed by atoms with Gasteiger partial charge in [0.1, 0.15) is 51.1 Å². The first-order chi connectivity index (χ1) is 47.9. The fourth-order valence-electron chi connectivity index (χ4n) is 13.8. The van der Waals surface area contributed by atoms with Gasteiger partial charge in [-0.3, -0.25) is 18.2 Å². The monoisotopic (exact) mass is 1440 g/mol. The first kappa shape index (κ1) is 70.6. The molecule has 0 bridgehead atoms. The number of nitrogens with one attached hydrogen (secondary N) is 2. The molecule has 6 aromatic carbocycles. The molecule has 12 aromatic rings. The van der Waals surface area contributed by atoms with E-state index in [0.717, 1.165) is 66.8 Å². The van der Waals surface area contributed by atoms with Crippen LogP contribution < -0.4 is 24.7 Å². The van der Waals surface area contributed by atoms with Crippen LogP contribution in [0.3, 0.4) is 0 Å². The Balaban J connectivity index is 0.000000146. The lowest BCUT2D eigenvalue weighted by molar-refractivity contribution is 0.00578. The molecule has 15 rings (SSSR count). The summed E-state index contributed by atoms with van der Waals surface area (Å²) in [6.45, 7) is 16.1. The van der Waals surface area contributed by atoms with Crippen molar-refractivity contribution in [3.63, 3.8) is 0 Å². The molecular weight excluding hydrogens is 1370 g/mol. The van der Waals surface area contributed by atoms with Gasteiger partial charge in [0.25, 0.3) is 11.8 Å². The number of nitrogens with zero attached hydrogens (tertiary/aromatic N) is 6. The number of carbonyl (C=O) groups is 2. The average Bonchev–Trinajstić information content (AvgIpc) is 1.57. The summed E-state index contributed by atoms with van der Waals surface area (Å²) < 4.78 is 138.